The van der Waals surface area contributed by atoms with Gasteiger partial charge in [-0.05, 0) is 68.9 Å². The summed E-state index contributed by atoms with van der Waals surface area (Å²) in [6, 6.07) is 12.9. The molecule has 0 fully saturated rings. The van der Waals surface area contributed by atoms with Crippen LogP contribution in [0, 0.1) is 20.8 Å². The molecular formula is C28H41N3O4S. The van der Waals surface area contributed by atoms with Gasteiger partial charge in [0, 0.05) is 26.1 Å². The average molecular weight is 516 g/mol. The molecular weight excluding hydrogens is 474 g/mol. The first-order valence-corrected chi connectivity index (χ1v) is 14.5. The van der Waals surface area contributed by atoms with Crippen LogP contribution >= 0.6 is 0 Å². The van der Waals surface area contributed by atoms with Crippen molar-refractivity contribution in [2.45, 2.75) is 72.9 Å². The zero-order valence-corrected chi connectivity index (χ0v) is 23.3. The zero-order chi connectivity index (χ0) is 26.9. The van der Waals surface area contributed by atoms with Crippen LogP contribution in [0.15, 0.2) is 42.5 Å². The van der Waals surface area contributed by atoms with Crippen LogP contribution in [0.25, 0.3) is 0 Å². The summed E-state index contributed by atoms with van der Waals surface area (Å²) >= 11 is 0. The van der Waals surface area contributed by atoms with Crippen molar-refractivity contribution in [2.24, 2.45) is 0 Å². The molecule has 36 heavy (non-hydrogen) atoms. The van der Waals surface area contributed by atoms with E-state index in [-0.39, 0.29) is 24.8 Å². The lowest BCUT2D eigenvalue weighted by molar-refractivity contribution is -0.141. The van der Waals surface area contributed by atoms with Gasteiger partial charge in [0.15, 0.2) is 0 Å². The monoisotopic (exact) mass is 515 g/mol. The van der Waals surface area contributed by atoms with Gasteiger partial charge in [-0.15, -0.1) is 0 Å². The van der Waals surface area contributed by atoms with E-state index in [0.717, 1.165) is 28.7 Å². The van der Waals surface area contributed by atoms with E-state index in [4.69, 9.17) is 0 Å². The van der Waals surface area contributed by atoms with Gasteiger partial charge in [0.2, 0.25) is 21.8 Å². The second-order valence-electron chi connectivity index (χ2n) is 9.43. The molecule has 198 valence electrons. The Morgan fingerprint density at radius 2 is 1.72 bits per heavy atom. The third-order valence-corrected chi connectivity index (χ3v) is 7.50. The van der Waals surface area contributed by atoms with Crippen LogP contribution in [0.4, 0.5) is 5.69 Å². The molecule has 0 radical (unpaired) electrons. The number of rotatable bonds is 13. The molecule has 2 rings (SSSR count). The maximum absolute atomic E-state index is 13.5. The second-order valence-corrected chi connectivity index (χ2v) is 11.3. The summed E-state index contributed by atoms with van der Waals surface area (Å²) in [5.41, 5.74) is 4.72. The number of amides is 2. The van der Waals surface area contributed by atoms with Crippen LogP contribution in [0.1, 0.15) is 61.8 Å². The van der Waals surface area contributed by atoms with Gasteiger partial charge in [-0.25, -0.2) is 8.42 Å². The number of sulfonamides is 1. The quantitative estimate of drug-likeness (QED) is 0.426. The minimum absolute atomic E-state index is 0.139. The van der Waals surface area contributed by atoms with Crippen LogP contribution in [0.5, 0.6) is 0 Å². The lowest BCUT2D eigenvalue weighted by Gasteiger charge is -2.31. The number of anilines is 1. The van der Waals surface area contributed by atoms with Gasteiger partial charge in [-0.2, -0.15) is 0 Å². The molecule has 1 N–H and O–H groups in total. The number of nitrogens with one attached hydrogen (secondary N) is 1. The predicted molar refractivity (Wildman–Crippen MR) is 146 cm³/mol. The van der Waals surface area contributed by atoms with Gasteiger partial charge < -0.3 is 10.2 Å². The van der Waals surface area contributed by atoms with Crippen molar-refractivity contribution < 1.29 is 18.0 Å². The Hall–Kier alpha value is -2.87. The Bertz CT molecular complexity index is 1150. The highest BCUT2D eigenvalue weighted by Gasteiger charge is 2.28. The molecule has 2 amide bonds. The highest BCUT2D eigenvalue weighted by atomic mass is 32.2. The molecule has 0 aliphatic carbocycles. The van der Waals surface area contributed by atoms with Gasteiger partial charge in [0.05, 0.1) is 11.9 Å². The third kappa shape index (κ3) is 8.36. The molecule has 0 aromatic heterocycles. The summed E-state index contributed by atoms with van der Waals surface area (Å²) in [7, 11) is -3.52. The van der Waals surface area contributed by atoms with Crippen LogP contribution in [-0.2, 0) is 26.2 Å². The first-order valence-electron chi connectivity index (χ1n) is 12.7. The van der Waals surface area contributed by atoms with Crippen molar-refractivity contribution >= 4 is 27.5 Å². The number of nitrogens with zero attached hydrogens (tertiary/aromatic N) is 2. The lowest BCUT2D eigenvalue weighted by Crippen LogP contribution is -2.49. The van der Waals surface area contributed by atoms with Crippen LogP contribution in [0.3, 0.4) is 0 Å². The maximum Gasteiger partial charge on any atom is 0.242 e. The van der Waals surface area contributed by atoms with Gasteiger partial charge in [0.25, 0.3) is 0 Å². The molecule has 8 heteroatoms. The van der Waals surface area contributed by atoms with Crippen molar-refractivity contribution in [1.29, 1.82) is 0 Å². The van der Waals surface area contributed by atoms with Crippen molar-refractivity contribution in [1.82, 2.24) is 10.2 Å². The van der Waals surface area contributed by atoms with Gasteiger partial charge in [-0.1, -0.05) is 49.7 Å². The summed E-state index contributed by atoms with van der Waals surface area (Å²) in [5.74, 6) is -0.322. The van der Waals surface area contributed by atoms with Crippen molar-refractivity contribution in [2.75, 3.05) is 23.7 Å². The molecule has 0 aliphatic rings. The molecule has 7 nitrogen and oxygen atoms in total. The van der Waals surface area contributed by atoms with E-state index >= 15 is 0 Å². The molecule has 0 unspecified atom stereocenters. The summed E-state index contributed by atoms with van der Waals surface area (Å²) in [4.78, 5) is 28.0. The van der Waals surface area contributed by atoms with Crippen LogP contribution in [0.2, 0.25) is 0 Å². The van der Waals surface area contributed by atoms with Gasteiger partial charge in [-0.3, -0.25) is 13.9 Å². The van der Waals surface area contributed by atoms with E-state index in [1.165, 1.54) is 10.6 Å². The average Bonchev–Trinajstić information content (AvgIpc) is 2.81. The Labute approximate surface area is 216 Å². The highest BCUT2D eigenvalue weighted by molar-refractivity contribution is 7.92. The normalized spacial score (nSPS) is 12.2. The molecule has 0 heterocycles. The molecule has 2 aromatic carbocycles. The van der Waals surface area contributed by atoms with Crippen molar-refractivity contribution in [3.63, 3.8) is 0 Å². The number of aryl methyl sites for hydroxylation is 3. The summed E-state index contributed by atoms with van der Waals surface area (Å²) in [6.07, 6.45) is 2.97. The molecule has 2 aromatic rings. The maximum atomic E-state index is 13.5. The molecule has 1 atom stereocenters. The largest absolute Gasteiger partial charge is 0.354 e. The van der Waals surface area contributed by atoms with E-state index in [0.29, 0.717) is 31.6 Å². The first-order chi connectivity index (χ1) is 17.0. The SMILES string of the molecule is CCCNC(=O)[C@H](CC)N(Cc1cccc(C)c1)C(=O)CCCN(c1ccc(C)c(C)c1)S(C)(=O)=O. The topological polar surface area (TPSA) is 86.8 Å². The summed E-state index contributed by atoms with van der Waals surface area (Å²) < 4.78 is 26.4. The fourth-order valence-electron chi connectivity index (χ4n) is 4.18. The minimum Gasteiger partial charge on any atom is -0.354 e. The van der Waals surface area contributed by atoms with E-state index in [2.05, 4.69) is 5.32 Å². The summed E-state index contributed by atoms with van der Waals surface area (Å²) in [5, 5.41) is 2.92. The van der Waals surface area contributed by atoms with E-state index < -0.39 is 16.1 Å². The zero-order valence-electron chi connectivity index (χ0n) is 22.5. The van der Waals surface area contributed by atoms with E-state index in [1.807, 2.05) is 71.0 Å². The smallest absolute Gasteiger partial charge is 0.242 e. The fourth-order valence-corrected chi connectivity index (χ4v) is 5.13. The molecule has 0 aliphatic heterocycles. The van der Waals surface area contributed by atoms with Crippen LogP contribution < -0.4 is 9.62 Å². The first kappa shape index (κ1) is 29.4. The molecule has 0 saturated heterocycles. The van der Waals surface area contributed by atoms with Gasteiger partial charge >= 0.3 is 0 Å². The Kier molecular flexibility index (Phi) is 11.0. The lowest BCUT2D eigenvalue weighted by atomic mass is 10.1. The Morgan fingerprint density at radius 1 is 1.00 bits per heavy atom. The standard InChI is InChI=1S/C28H41N3O4S/c1-7-16-29-28(33)26(8-2)30(20-24-12-9-11-21(3)18-24)27(32)13-10-17-31(36(6,34)35)25-15-14-22(4)23(5)19-25/h9,11-12,14-15,18-19,26H,7-8,10,13,16-17,20H2,1-6H3,(H,29,33)/t26-/m0/s1. The number of carbonyl (C=O) groups is 2. The van der Waals surface area contributed by atoms with E-state index in [9.17, 15) is 18.0 Å². The van der Waals surface area contributed by atoms with Crippen molar-refractivity contribution in [3.05, 3.63) is 64.7 Å². The number of hydrogen-bond donors (Lipinski definition) is 1. The second kappa shape index (κ2) is 13.4. The van der Waals surface area contributed by atoms with Crippen molar-refractivity contribution in [3.8, 4) is 0 Å². The number of carbonyl (C=O) groups excluding carboxylic acids is 2. The summed E-state index contributed by atoms with van der Waals surface area (Å²) in [6.45, 7) is 10.9. The van der Waals surface area contributed by atoms with Gasteiger partial charge in [0.1, 0.15) is 6.04 Å². The number of benzene rings is 2. The number of hydrogen-bond acceptors (Lipinski definition) is 4. The minimum atomic E-state index is -3.52. The molecule has 0 saturated carbocycles. The predicted octanol–water partition coefficient (Wildman–Crippen LogP) is 4.49. The van der Waals surface area contributed by atoms with E-state index in [1.54, 1.807) is 11.0 Å². The molecule has 0 spiro atoms. The Balaban J connectivity index is 2.22. The third-order valence-electron chi connectivity index (χ3n) is 6.30. The fraction of sp³-hybridized carbons (Fsp3) is 0.500. The highest BCUT2D eigenvalue weighted by Crippen LogP contribution is 2.22. The molecule has 0 bridgehead atoms. The van der Waals surface area contributed by atoms with Crippen LogP contribution in [-0.4, -0.2) is 50.5 Å². The Morgan fingerprint density at radius 3 is 2.31 bits per heavy atom.